The molecule has 0 atom stereocenters. The van der Waals surface area contributed by atoms with Crippen LogP contribution in [0, 0.1) is 0 Å². The van der Waals surface area contributed by atoms with Crippen molar-refractivity contribution >= 4 is 27.7 Å². The van der Waals surface area contributed by atoms with Crippen molar-refractivity contribution < 1.29 is 13.2 Å². The lowest BCUT2D eigenvalue weighted by Crippen LogP contribution is -2.14. The first kappa shape index (κ1) is 17.6. The number of anilines is 1. The van der Waals surface area contributed by atoms with Crippen LogP contribution in [-0.4, -0.2) is 31.7 Å². The number of aromatic nitrogens is 2. The van der Waals surface area contributed by atoms with E-state index < -0.39 is 10.0 Å². The van der Waals surface area contributed by atoms with Gasteiger partial charge in [0.15, 0.2) is 0 Å². The van der Waals surface area contributed by atoms with Crippen LogP contribution >= 0.6 is 0 Å². The molecule has 0 aliphatic heterocycles. The standard InChI is InChI=1S/C18H16N4O3S/c1-25-18-17(19-11-12-20-18)22-26(23,24)16-9-7-15(8-10-16)21-13-14-5-3-2-4-6-14/h2-13H,1H3,(H,19,22). The van der Waals surface area contributed by atoms with Gasteiger partial charge in [-0.2, -0.15) is 0 Å². The van der Waals surface area contributed by atoms with E-state index in [-0.39, 0.29) is 16.6 Å². The predicted molar refractivity (Wildman–Crippen MR) is 99.5 cm³/mol. The normalized spacial score (nSPS) is 11.4. The lowest BCUT2D eigenvalue weighted by molar-refractivity contribution is 0.398. The SMILES string of the molecule is COc1nccnc1NS(=O)(=O)c1ccc(N=Cc2ccccc2)cc1. The molecule has 0 spiro atoms. The maximum atomic E-state index is 12.5. The molecule has 3 rings (SSSR count). The van der Waals surface area contributed by atoms with Gasteiger partial charge >= 0.3 is 0 Å². The highest BCUT2D eigenvalue weighted by Gasteiger charge is 2.17. The van der Waals surface area contributed by atoms with Gasteiger partial charge in [-0.1, -0.05) is 30.3 Å². The van der Waals surface area contributed by atoms with Crippen LogP contribution in [0.4, 0.5) is 11.5 Å². The molecule has 0 unspecified atom stereocenters. The van der Waals surface area contributed by atoms with Crippen LogP contribution in [-0.2, 0) is 10.0 Å². The highest BCUT2D eigenvalue weighted by atomic mass is 32.2. The summed E-state index contributed by atoms with van der Waals surface area (Å²) in [7, 11) is -2.42. The second kappa shape index (κ2) is 7.75. The lowest BCUT2D eigenvalue weighted by atomic mass is 10.2. The van der Waals surface area contributed by atoms with Crippen LogP contribution in [0.2, 0.25) is 0 Å². The van der Waals surface area contributed by atoms with Gasteiger partial charge < -0.3 is 4.74 Å². The van der Waals surface area contributed by atoms with Gasteiger partial charge in [0, 0.05) is 18.6 Å². The number of rotatable bonds is 6. The summed E-state index contributed by atoms with van der Waals surface area (Å²) >= 11 is 0. The summed E-state index contributed by atoms with van der Waals surface area (Å²) in [5, 5.41) is 0. The van der Waals surface area contributed by atoms with E-state index >= 15 is 0 Å². The van der Waals surface area contributed by atoms with Crippen LogP contribution in [0.25, 0.3) is 0 Å². The van der Waals surface area contributed by atoms with E-state index in [9.17, 15) is 8.42 Å². The summed E-state index contributed by atoms with van der Waals surface area (Å²) in [6, 6.07) is 15.8. The van der Waals surface area contributed by atoms with E-state index in [2.05, 4.69) is 19.7 Å². The summed E-state index contributed by atoms with van der Waals surface area (Å²) in [4.78, 5) is 12.3. The summed E-state index contributed by atoms with van der Waals surface area (Å²) in [6.45, 7) is 0. The van der Waals surface area contributed by atoms with E-state index in [4.69, 9.17) is 4.74 Å². The third-order valence-electron chi connectivity index (χ3n) is 3.40. The molecule has 0 aliphatic rings. The fraction of sp³-hybridized carbons (Fsp3) is 0.0556. The van der Waals surface area contributed by atoms with Crippen molar-refractivity contribution in [1.82, 2.24) is 9.97 Å². The maximum Gasteiger partial charge on any atom is 0.263 e. The molecule has 2 aromatic carbocycles. The average molecular weight is 368 g/mol. The van der Waals surface area contributed by atoms with Crippen molar-refractivity contribution in [2.24, 2.45) is 4.99 Å². The van der Waals surface area contributed by atoms with E-state index in [1.165, 1.54) is 31.6 Å². The van der Waals surface area contributed by atoms with Crippen molar-refractivity contribution in [3.05, 3.63) is 72.6 Å². The smallest absolute Gasteiger partial charge is 0.263 e. The van der Waals surface area contributed by atoms with Gasteiger partial charge in [0.2, 0.25) is 5.82 Å². The van der Waals surface area contributed by atoms with Crippen molar-refractivity contribution in [3.8, 4) is 5.88 Å². The Balaban J connectivity index is 1.78. The number of sulfonamides is 1. The first-order valence-electron chi connectivity index (χ1n) is 7.65. The van der Waals surface area contributed by atoms with Crippen LogP contribution in [0.3, 0.4) is 0 Å². The van der Waals surface area contributed by atoms with Gasteiger partial charge in [-0.25, -0.2) is 18.4 Å². The molecule has 7 nitrogen and oxygen atoms in total. The van der Waals surface area contributed by atoms with Gasteiger partial charge in [-0.3, -0.25) is 9.71 Å². The second-order valence-electron chi connectivity index (χ2n) is 5.18. The van der Waals surface area contributed by atoms with Crippen molar-refractivity contribution in [2.75, 3.05) is 11.8 Å². The molecule has 1 heterocycles. The van der Waals surface area contributed by atoms with Crippen LogP contribution in [0.15, 0.2) is 76.9 Å². The molecule has 0 saturated carbocycles. The second-order valence-corrected chi connectivity index (χ2v) is 6.86. The quantitative estimate of drug-likeness (QED) is 0.675. The van der Waals surface area contributed by atoms with E-state index in [1.54, 1.807) is 18.3 Å². The monoisotopic (exact) mass is 368 g/mol. The topological polar surface area (TPSA) is 93.5 Å². The largest absolute Gasteiger partial charge is 0.478 e. The molecule has 1 N–H and O–H groups in total. The molecule has 0 bridgehead atoms. The molecular weight excluding hydrogens is 352 g/mol. The zero-order valence-corrected chi connectivity index (χ0v) is 14.7. The molecule has 0 aliphatic carbocycles. The number of methoxy groups -OCH3 is 1. The molecule has 132 valence electrons. The number of nitrogens with zero attached hydrogens (tertiary/aromatic N) is 3. The maximum absolute atomic E-state index is 12.5. The first-order valence-corrected chi connectivity index (χ1v) is 9.14. The number of hydrogen-bond donors (Lipinski definition) is 1. The first-order chi connectivity index (χ1) is 12.6. The Labute approximate surface area is 151 Å². The van der Waals surface area contributed by atoms with Crippen molar-refractivity contribution in [3.63, 3.8) is 0 Å². The Kier molecular flexibility index (Phi) is 5.23. The molecule has 26 heavy (non-hydrogen) atoms. The highest BCUT2D eigenvalue weighted by molar-refractivity contribution is 7.92. The minimum atomic E-state index is -3.81. The van der Waals surface area contributed by atoms with Crippen LogP contribution in [0.5, 0.6) is 5.88 Å². The third kappa shape index (κ3) is 4.22. The van der Waals surface area contributed by atoms with Gasteiger partial charge in [0.05, 0.1) is 17.7 Å². The zero-order chi connectivity index (χ0) is 18.4. The highest BCUT2D eigenvalue weighted by Crippen LogP contribution is 2.22. The number of nitrogens with one attached hydrogen (secondary N) is 1. The van der Waals surface area contributed by atoms with Gasteiger partial charge in [-0.15, -0.1) is 0 Å². The molecule has 1 aromatic heterocycles. The van der Waals surface area contributed by atoms with Gasteiger partial charge in [-0.05, 0) is 29.8 Å². The minimum absolute atomic E-state index is 0.0289. The summed E-state index contributed by atoms with van der Waals surface area (Å²) in [6.07, 6.45) is 4.50. The fourth-order valence-corrected chi connectivity index (χ4v) is 3.14. The average Bonchev–Trinajstić information content (AvgIpc) is 2.68. The number of ether oxygens (including phenoxy) is 1. The minimum Gasteiger partial charge on any atom is -0.478 e. The van der Waals surface area contributed by atoms with E-state index in [0.717, 1.165) is 5.56 Å². The summed E-state index contributed by atoms with van der Waals surface area (Å²) < 4.78 is 32.3. The Bertz CT molecular complexity index is 1000. The van der Waals surface area contributed by atoms with Crippen molar-refractivity contribution in [1.29, 1.82) is 0 Å². The lowest BCUT2D eigenvalue weighted by Gasteiger charge is -2.09. The third-order valence-corrected chi connectivity index (χ3v) is 4.75. The molecule has 0 radical (unpaired) electrons. The predicted octanol–water partition coefficient (Wildman–Crippen LogP) is 3.04. The number of benzene rings is 2. The molecule has 3 aromatic rings. The summed E-state index contributed by atoms with van der Waals surface area (Å²) in [5.41, 5.74) is 1.60. The van der Waals surface area contributed by atoms with Crippen LogP contribution in [0.1, 0.15) is 5.56 Å². The Hall–Kier alpha value is -3.26. The molecule has 0 saturated heterocycles. The van der Waals surface area contributed by atoms with Crippen molar-refractivity contribution in [2.45, 2.75) is 4.90 Å². The summed E-state index contributed by atoms with van der Waals surface area (Å²) in [5.74, 6) is 0.126. The molecule has 8 heteroatoms. The zero-order valence-electron chi connectivity index (χ0n) is 13.9. The van der Waals surface area contributed by atoms with E-state index in [1.807, 2.05) is 30.3 Å². The molecule has 0 fully saturated rings. The number of hydrogen-bond acceptors (Lipinski definition) is 6. The van der Waals surface area contributed by atoms with E-state index in [0.29, 0.717) is 5.69 Å². The Morgan fingerprint density at radius 2 is 1.69 bits per heavy atom. The van der Waals surface area contributed by atoms with Gasteiger partial charge in [0.1, 0.15) is 0 Å². The fourth-order valence-electron chi connectivity index (χ4n) is 2.13. The Morgan fingerprint density at radius 1 is 1.00 bits per heavy atom. The number of aliphatic imine (C=N–C) groups is 1. The molecular formula is C18H16N4O3S. The Morgan fingerprint density at radius 3 is 2.38 bits per heavy atom. The van der Waals surface area contributed by atoms with Gasteiger partial charge in [0.25, 0.3) is 15.9 Å². The molecule has 0 amide bonds. The van der Waals surface area contributed by atoms with Crippen LogP contribution < -0.4 is 9.46 Å².